The van der Waals surface area contributed by atoms with E-state index >= 15 is 0 Å². The van der Waals surface area contributed by atoms with Crippen molar-refractivity contribution >= 4 is 0 Å². The maximum absolute atomic E-state index is 5.78. The Balaban J connectivity index is 1.61. The van der Waals surface area contributed by atoms with Gasteiger partial charge in [-0.05, 0) is 36.2 Å². The molecule has 4 rings (SSSR count). The van der Waals surface area contributed by atoms with Crippen molar-refractivity contribution in [3.8, 4) is 11.4 Å². The molecule has 3 aromatic heterocycles. The molecule has 1 saturated heterocycles. The number of rotatable bonds is 4. The molecule has 0 aromatic carbocycles. The number of hydrogen-bond donors (Lipinski definition) is 0. The van der Waals surface area contributed by atoms with E-state index in [4.69, 9.17) is 4.74 Å². The first-order chi connectivity index (χ1) is 11.4. The van der Waals surface area contributed by atoms with Gasteiger partial charge in [0.05, 0.1) is 19.3 Å². The predicted octanol–water partition coefficient (Wildman–Crippen LogP) is 2.77. The number of ether oxygens (including phenoxy) is 1. The summed E-state index contributed by atoms with van der Waals surface area (Å²) in [4.78, 5) is 12.8. The van der Waals surface area contributed by atoms with E-state index in [0.717, 1.165) is 31.0 Å². The highest BCUT2D eigenvalue weighted by atomic mass is 16.5. The molecule has 23 heavy (non-hydrogen) atoms. The topological polar surface area (TPSA) is 52.8 Å². The Morgan fingerprint density at radius 3 is 2.78 bits per heavy atom. The summed E-state index contributed by atoms with van der Waals surface area (Å²) in [6, 6.07) is 8.42. The lowest BCUT2D eigenvalue weighted by atomic mass is 9.95. The Kier molecular flexibility index (Phi) is 3.86. The van der Waals surface area contributed by atoms with Crippen molar-refractivity contribution in [1.29, 1.82) is 0 Å². The minimum Gasteiger partial charge on any atom is -0.379 e. The molecule has 1 fully saturated rings. The van der Waals surface area contributed by atoms with Crippen LogP contribution in [0.2, 0.25) is 0 Å². The minimum absolute atomic E-state index is 0.292. The van der Waals surface area contributed by atoms with E-state index in [1.54, 1.807) is 6.20 Å². The Morgan fingerprint density at radius 1 is 1.04 bits per heavy atom. The van der Waals surface area contributed by atoms with Crippen LogP contribution in [0.25, 0.3) is 11.4 Å². The van der Waals surface area contributed by atoms with Crippen molar-refractivity contribution in [3.05, 3.63) is 67.0 Å². The van der Waals surface area contributed by atoms with Crippen molar-refractivity contribution in [2.45, 2.75) is 12.5 Å². The first-order valence-corrected chi connectivity index (χ1v) is 7.81. The highest BCUT2D eigenvalue weighted by Gasteiger charge is 2.31. The Bertz CT molecular complexity index is 757. The van der Waals surface area contributed by atoms with Crippen LogP contribution in [0.15, 0.2) is 61.4 Å². The van der Waals surface area contributed by atoms with Crippen LogP contribution in [-0.4, -0.2) is 32.7 Å². The highest BCUT2D eigenvalue weighted by molar-refractivity contribution is 5.53. The van der Waals surface area contributed by atoms with Crippen molar-refractivity contribution < 1.29 is 4.74 Å². The Labute approximate surface area is 135 Å². The molecule has 1 aliphatic rings. The van der Waals surface area contributed by atoms with Crippen molar-refractivity contribution in [2.75, 3.05) is 13.2 Å². The summed E-state index contributed by atoms with van der Waals surface area (Å²) >= 11 is 0. The fraction of sp³-hybridized carbons (Fsp3) is 0.278. The van der Waals surface area contributed by atoms with Gasteiger partial charge in [-0.1, -0.05) is 0 Å². The molecule has 5 nitrogen and oxygen atoms in total. The lowest BCUT2D eigenvalue weighted by Crippen LogP contribution is -2.20. The van der Waals surface area contributed by atoms with Crippen LogP contribution >= 0.6 is 0 Å². The largest absolute Gasteiger partial charge is 0.379 e. The quantitative estimate of drug-likeness (QED) is 0.744. The lowest BCUT2D eigenvalue weighted by molar-refractivity contribution is 0.181. The molecule has 2 atom stereocenters. The van der Waals surface area contributed by atoms with Crippen LogP contribution in [0.4, 0.5) is 0 Å². The second-order valence-corrected chi connectivity index (χ2v) is 5.82. The minimum atomic E-state index is 0.292. The van der Waals surface area contributed by atoms with Crippen LogP contribution in [-0.2, 0) is 11.2 Å². The number of hydrogen-bond acceptors (Lipinski definition) is 4. The molecule has 0 N–H and O–H groups in total. The van der Waals surface area contributed by atoms with Gasteiger partial charge >= 0.3 is 0 Å². The van der Waals surface area contributed by atoms with E-state index in [1.165, 1.54) is 5.56 Å². The number of pyridine rings is 2. The average Bonchev–Trinajstić information content (AvgIpc) is 3.25. The van der Waals surface area contributed by atoms with Crippen molar-refractivity contribution in [2.24, 2.45) is 5.92 Å². The van der Waals surface area contributed by atoms with Gasteiger partial charge in [0.2, 0.25) is 0 Å². The third-order valence-electron chi connectivity index (χ3n) is 4.36. The number of nitrogens with zero attached hydrogens (tertiary/aromatic N) is 4. The van der Waals surface area contributed by atoms with Gasteiger partial charge in [0, 0.05) is 48.7 Å². The van der Waals surface area contributed by atoms with Gasteiger partial charge in [-0.15, -0.1) is 0 Å². The van der Waals surface area contributed by atoms with Gasteiger partial charge in [0.1, 0.15) is 5.82 Å². The monoisotopic (exact) mass is 306 g/mol. The zero-order valence-corrected chi connectivity index (χ0v) is 12.7. The van der Waals surface area contributed by atoms with E-state index in [1.807, 2.05) is 43.1 Å². The maximum atomic E-state index is 5.78. The molecule has 5 heteroatoms. The summed E-state index contributed by atoms with van der Waals surface area (Å²) in [6.45, 7) is 1.50. The summed E-state index contributed by atoms with van der Waals surface area (Å²) in [5, 5.41) is 0. The fourth-order valence-corrected chi connectivity index (χ4v) is 3.21. The molecule has 0 saturated carbocycles. The maximum Gasteiger partial charge on any atom is 0.141 e. The van der Waals surface area contributed by atoms with Gasteiger partial charge in [0.25, 0.3) is 0 Å². The first-order valence-electron chi connectivity index (χ1n) is 7.81. The molecular weight excluding hydrogens is 288 g/mol. The molecule has 0 aliphatic carbocycles. The molecule has 116 valence electrons. The molecule has 4 heterocycles. The van der Waals surface area contributed by atoms with Crippen LogP contribution in [0.3, 0.4) is 0 Å². The van der Waals surface area contributed by atoms with E-state index in [2.05, 4.69) is 31.7 Å². The van der Waals surface area contributed by atoms with Gasteiger partial charge in [-0.3, -0.25) is 9.97 Å². The molecular formula is C18H18N4O. The van der Waals surface area contributed by atoms with E-state index in [0.29, 0.717) is 12.0 Å². The molecule has 0 amide bonds. The normalized spacial score (nSPS) is 20.7. The predicted molar refractivity (Wildman–Crippen MR) is 86.7 cm³/mol. The highest BCUT2D eigenvalue weighted by Crippen LogP contribution is 2.32. The Hall–Kier alpha value is -2.53. The van der Waals surface area contributed by atoms with Gasteiger partial charge in [-0.2, -0.15) is 0 Å². The first kappa shape index (κ1) is 14.1. The summed E-state index contributed by atoms with van der Waals surface area (Å²) in [5.41, 5.74) is 2.33. The van der Waals surface area contributed by atoms with Crippen molar-refractivity contribution in [1.82, 2.24) is 19.5 Å². The van der Waals surface area contributed by atoms with Gasteiger partial charge < -0.3 is 9.30 Å². The van der Waals surface area contributed by atoms with Crippen LogP contribution in [0.5, 0.6) is 0 Å². The standard InChI is InChI=1S/C18H18N4O/c1-2-15(11-20-5-1)18-21-8-9-22(18)17-13-23-12-16(17)10-14-3-6-19-7-4-14/h1-9,11,16-17H,10,12-13H2/t16-,17-/m1/s1. The van der Waals surface area contributed by atoms with E-state index < -0.39 is 0 Å². The zero-order chi connectivity index (χ0) is 15.5. The summed E-state index contributed by atoms with van der Waals surface area (Å²) in [7, 11) is 0. The summed E-state index contributed by atoms with van der Waals surface area (Å²) in [6.07, 6.45) is 12.2. The lowest BCUT2D eigenvalue weighted by Gasteiger charge is -2.21. The number of imidazole rings is 1. The second kappa shape index (κ2) is 6.30. The summed E-state index contributed by atoms with van der Waals surface area (Å²) < 4.78 is 8.01. The van der Waals surface area contributed by atoms with Crippen LogP contribution < -0.4 is 0 Å². The van der Waals surface area contributed by atoms with Crippen molar-refractivity contribution in [3.63, 3.8) is 0 Å². The second-order valence-electron chi connectivity index (χ2n) is 5.82. The third-order valence-corrected chi connectivity index (χ3v) is 4.36. The molecule has 3 aromatic rings. The third kappa shape index (κ3) is 2.87. The average molecular weight is 306 g/mol. The molecule has 0 bridgehead atoms. The Morgan fingerprint density at radius 2 is 1.96 bits per heavy atom. The van der Waals surface area contributed by atoms with E-state index in [9.17, 15) is 0 Å². The molecule has 0 unspecified atom stereocenters. The van der Waals surface area contributed by atoms with Crippen LogP contribution in [0.1, 0.15) is 11.6 Å². The zero-order valence-electron chi connectivity index (χ0n) is 12.7. The molecule has 0 spiro atoms. The SMILES string of the molecule is c1cncc(-c2nccn2[C@@H]2COC[C@H]2Cc2ccncc2)c1. The smallest absolute Gasteiger partial charge is 0.141 e. The van der Waals surface area contributed by atoms with Gasteiger partial charge in [0.15, 0.2) is 0 Å². The fourth-order valence-electron chi connectivity index (χ4n) is 3.21. The van der Waals surface area contributed by atoms with Crippen LogP contribution in [0, 0.1) is 5.92 Å². The molecule has 0 radical (unpaired) electrons. The summed E-state index contributed by atoms with van der Waals surface area (Å²) in [5.74, 6) is 1.38. The van der Waals surface area contributed by atoms with E-state index in [-0.39, 0.29) is 0 Å². The van der Waals surface area contributed by atoms with Gasteiger partial charge in [-0.25, -0.2) is 4.98 Å². The molecule has 1 aliphatic heterocycles. The number of aromatic nitrogens is 4.